The van der Waals surface area contributed by atoms with E-state index in [1.165, 1.54) is 38.6 Å². The van der Waals surface area contributed by atoms with Crippen LogP contribution < -0.4 is 5.32 Å². The lowest BCUT2D eigenvalue weighted by Crippen LogP contribution is -2.44. The molecule has 1 aliphatic heterocycles. The average molecular weight is 280 g/mol. The molecule has 0 amide bonds. The normalized spacial score (nSPS) is 23.8. The summed E-state index contributed by atoms with van der Waals surface area (Å²) in [7, 11) is 0. The number of aromatic nitrogens is 1. The van der Waals surface area contributed by atoms with Crippen LogP contribution in [-0.4, -0.2) is 35.1 Å². The van der Waals surface area contributed by atoms with Gasteiger partial charge in [0.25, 0.3) is 0 Å². The van der Waals surface area contributed by atoms with E-state index >= 15 is 0 Å². The SMILES string of the molecule is Clc1ncccc1CN(CC1CCCCN1)C1CC1. The molecule has 1 N–H and O–H groups in total. The van der Waals surface area contributed by atoms with Crippen molar-refractivity contribution >= 4 is 11.6 Å². The molecule has 0 radical (unpaired) electrons. The van der Waals surface area contributed by atoms with Crippen LogP contribution in [0, 0.1) is 0 Å². The Bertz CT molecular complexity index is 414. The van der Waals surface area contributed by atoms with Gasteiger partial charge in [0, 0.05) is 36.9 Å². The van der Waals surface area contributed by atoms with Crippen LogP contribution in [0.1, 0.15) is 37.7 Å². The van der Waals surface area contributed by atoms with E-state index in [9.17, 15) is 0 Å². The van der Waals surface area contributed by atoms with Gasteiger partial charge in [0.1, 0.15) is 5.15 Å². The fraction of sp³-hybridized carbons (Fsp3) is 0.667. The molecule has 1 unspecified atom stereocenters. The summed E-state index contributed by atoms with van der Waals surface area (Å²) in [4.78, 5) is 6.77. The predicted molar refractivity (Wildman–Crippen MR) is 78.3 cm³/mol. The maximum Gasteiger partial charge on any atom is 0.133 e. The van der Waals surface area contributed by atoms with Crippen molar-refractivity contribution < 1.29 is 0 Å². The molecule has 0 bridgehead atoms. The smallest absolute Gasteiger partial charge is 0.133 e. The summed E-state index contributed by atoms with van der Waals surface area (Å²) < 4.78 is 0. The lowest BCUT2D eigenvalue weighted by Gasteiger charge is -2.30. The summed E-state index contributed by atoms with van der Waals surface area (Å²) >= 11 is 6.18. The second-order valence-electron chi connectivity index (χ2n) is 5.76. The van der Waals surface area contributed by atoms with E-state index in [1.54, 1.807) is 6.20 Å². The number of hydrogen-bond donors (Lipinski definition) is 1. The highest BCUT2D eigenvalue weighted by atomic mass is 35.5. The van der Waals surface area contributed by atoms with Gasteiger partial charge in [0.2, 0.25) is 0 Å². The third-order valence-corrected chi connectivity index (χ3v) is 4.48. The van der Waals surface area contributed by atoms with Crippen molar-refractivity contribution in [3.63, 3.8) is 0 Å². The number of halogens is 1. The maximum atomic E-state index is 6.18. The molecule has 1 aromatic rings. The monoisotopic (exact) mass is 279 g/mol. The zero-order chi connectivity index (χ0) is 13.1. The minimum Gasteiger partial charge on any atom is -0.313 e. The van der Waals surface area contributed by atoms with E-state index in [-0.39, 0.29) is 0 Å². The Labute approximate surface area is 120 Å². The predicted octanol–water partition coefficient (Wildman–Crippen LogP) is 2.84. The summed E-state index contributed by atoms with van der Waals surface area (Å²) in [5.74, 6) is 0. The third kappa shape index (κ3) is 3.68. The van der Waals surface area contributed by atoms with E-state index < -0.39 is 0 Å². The molecule has 1 saturated heterocycles. The second kappa shape index (κ2) is 6.21. The molecule has 2 fully saturated rings. The molecule has 1 aromatic heterocycles. The zero-order valence-electron chi connectivity index (χ0n) is 11.3. The Morgan fingerprint density at radius 3 is 2.89 bits per heavy atom. The Balaban J connectivity index is 1.62. The van der Waals surface area contributed by atoms with Crippen molar-refractivity contribution in [1.82, 2.24) is 15.2 Å². The molecule has 1 aliphatic carbocycles. The lowest BCUT2D eigenvalue weighted by atomic mass is 10.0. The zero-order valence-corrected chi connectivity index (χ0v) is 12.1. The number of hydrogen-bond acceptors (Lipinski definition) is 3. The number of nitrogens with one attached hydrogen (secondary N) is 1. The van der Waals surface area contributed by atoms with Gasteiger partial charge in [0.05, 0.1) is 0 Å². The van der Waals surface area contributed by atoms with Gasteiger partial charge in [-0.1, -0.05) is 24.1 Å². The van der Waals surface area contributed by atoms with Crippen molar-refractivity contribution in [2.45, 2.75) is 50.7 Å². The average Bonchev–Trinajstić information content (AvgIpc) is 3.26. The number of nitrogens with zero attached hydrogens (tertiary/aromatic N) is 2. The van der Waals surface area contributed by atoms with E-state index in [0.717, 1.165) is 24.7 Å². The van der Waals surface area contributed by atoms with Gasteiger partial charge in [-0.3, -0.25) is 4.90 Å². The standard InChI is InChI=1S/C15H22ClN3/c16-15-12(4-3-9-18-15)10-19(14-6-7-14)11-13-5-1-2-8-17-13/h3-4,9,13-14,17H,1-2,5-8,10-11H2. The summed E-state index contributed by atoms with van der Waals surface area (Å²) in [6, 6.07) is 5.49. The van der Waals surface area contributed by atoms with E-state index in [4.69, 9.17) is 11.6 Å². The summed E-state index contributed by atoms with van der Waals surface area (Å²) in [6.07, 6.45) is 8.44. The molecule has 4 heteroatoms. The second-order valence-corrected chi connectivity index (χ2v) is 6.12. The Morgan fingerprint density at radius 1 is 1.32 bits per heavy atom. The van der Waals surface area contributed by atoms with Crippen LogP contribution in [0.2, 0.25) is 5.15 Å². The molecule has 2 aliphatic rings. The lowest BCUT2D eigenvalue weighted by molar-refractivity contribution is 0.208. The summed E-state index contributed by atoms with van der Waals surface area (Å²) in [5.41, 5.74) is 1.16. The molecule has 19 heavy (non-hydrogen) atoms. The van der Waals surface area contributed by atoms with Crippen molar-refractivity contribution in [3.05, 3.63) is 29.0 Å². The van der Waals surface area contributed by atoms with Crippen molar-refractivity contribution in [2.24, 2.45) is 0 Å². The van der Waals surface area contributed by atoms with Gasteiger partial charge in [0.15, 0.2) is 0 Å². The van der Waals surface area contributed by atoms with Crippen molar-refractivity contribution in [2.75, 3.05) is 13.1 Å². The highest BCUT2D eigenvalue weighted by Crippen LogP contribution is 2.30. The number of rotatable bonds is 5. The Kier molecular flexibility index (Phi) is 4.36. The third-order valence-electron chi connectivity index (χ3n) is 4.14. The van der Waals surface area contributed by atoms with Crippen LogP contribution >= 0.6 is 11.6 Å². The quantitative estimate of drug-likeness (QED) is 0.840. The molecular formula is C15H22ClN3. The fourth-order valence-corrected chi connectivity index (χ4v) is 3.08. The molecule has 1 atom stereocenters. The summed E-state index contributed by atoms with van der Waals surface area (Å²) in [5, 5.41) is 4.30. The topological polar surface area (TPSA) is 28.2 Å². The highest BCUT2D eigenvalue weighted by molar-refractivity contribution is 6.30. The van der Waals surface area contributed by atoms with Gasteiger partial charge in [-0.15, -0.1) is 0 Å². The van der Waals surface area contributed by atoms with Gasteiger partial charge in [-0.05, 0) is 38.3 Å². The fourth-order valence-electron chi connectivity index (χ4n) is 2.90. The number of piperidine rings is 1. The van der Waals surface area contributed by atoms with Crippen molar-refractivity contribution in [3.8, 4) is 0 Å². The molecular weight excluding hydrogens is 258 g/mol. The first-order valence-electron chi connectivity index (χ1n) is 7.40. The van der Waals surface area contributed by atoms with Crippen LogP contribution in [-0.2, 0) is 6.54 Å². The van der Waals surface area contributed by atoms with Crippen molar-refractivity contribution in [1.29, 1.82) is 0 Å². The van der Waals surface area contributed by atoms with Gasteiger partial charge in [-0.25, -0.2) is 4.98 Å². The maximum absolute atomic E-state index is 6.18. The van der Waals surface area contributed by atoms with E-state index in [0.29, 0.717) is 11.2 Å². The van der Waals surface area contributed by atoms with Gasteiger partial charge < -0.3 is 5.32 Å². The van der Waals surface area contributed by atoms with Gasteiger partial charge in [-0.2, -0.15) is 0 Å². The van der Waals surface area contributed by atoms with Crippen LogP contribution in [0.4, 0.5) is 0 Å². The first-order valence-corrected chi connectivity index (χ1v) is 7.77. The molecule has 0 spiro atoms. The van der Waals surface area contributed by atoms with Crippen LogP contribution in [0.15, 0.2) is 18.3 Å². The molecule has 3 rings (SSSR count). The minimum absolute atomic E-state index is 0.657. The number of pyridine rings is 1. The molecule has 2 heterocycles. The molecule has 104 valence electrons. The molecule has 0 aromatic carbocycles. The Morgan fingerprint density at radius 2 is 2.21 bits per heavy atom. The van der Waals surface area contributed by atoms with Gasteiger partial charge >= 0.3 is 0 Å². The summed E-state index contributed by atoms with van der Waals surface area (Å²) in [6.45, 7) is 3.27. The first kappa shape index (κ1) is 13.3. The first-order chi connectivity index (χ1) is 9.33. The Hall–Kier alpha value is -0.640. The van der Waals surface area contributed by atoms with Crippen LogP contribution in [0.25, 0.3) is 0 Å². The van der Waals surface area contributed by atoms with Crippen LogP contribution in [0.3, 0.4) is 0 Å². The minimum atomic E-state index is 0.657. The van der Waals surface area contributed by atoms with E-state index in [1.807, 2.05) is 6.07 Å². The molecule has 1 saturated carbocycles. The van der Waals surface area contributed by atoms with Crippen LogP contribution in [0.5, 0.6) is 0 Å². The largest absolute Gasteiger partial charge is 0.313 e. The molecule has 3 nitrogen and oxygen atoms in total. The highest BCUT2D eigenvalue weighted by Gasteiger charge is 2.31. The van der Waals surface area contributed by atoms with E-state index in [2.05, 4.69) is 21.3 Å².